The molecule has 0 aliphatic rings. The van der Waals surface area contributed by atoms with Crippen LogP contribution in [0.2, 0.25) is 0 Å². The Bertz CT molecular complexity index is 1920. The minimum atomic E-state index is -0.0125. The van der Waals surface area contributed by atoms with Crippen molar-refractivity contribution in [2.24, 2.45) is 0 Å². The van der Waals surface area contributed by atoms with Gasteiger partial charge in [-0.05, 0) is 54.5 Å². The molecule has 40 heavy (non-hydrogen) atoms. The van der Waals surface area contributed by atoms with Crippen LogP contribution in [-0.4, -0.2) is 19.3 Å². The molecule has 3 aromatic carbocycles. The van der Waals surface area contributed by atoms with Crippen molar-refractivity contribution in [3.05, 3.63) is 113 Å². The van der Waals surface area contributed by atoms with Crippen LogP contribution < -0.4 is 4.74 Å². The smallest absolute Gasteiger partial charge is 0.510 e. The summed E-state index contributed by atoms with van der Waals surface area (Å²) in [5.74, 6) is 1.78. The maximum Gasteiger partial charge on any atom is 2.00 e. The van der Waals surface area contributed by atoms with E-state index in [1.54, 1.807) is 16.8 Å². The molecule has 0 aliphatic carbocycles. The number of nitrogens with zero attached hydrogens (tertiary/aromatic N) is 5. The first-order valence-corrected chi connectivity index (χ1v) is 12.8. The third-order valence-electron chi connectivity index (χ3n) is 6.80. The zero-order valence-electron chi connectivity index (χ0n) is 22.9. The standard InChI is InChI=1S/C33H27N5O.Pt/c1-21-15-22(2)38(36-21)25-17-24(34-6)18-27(19-25)39-26-11-12-29-28-9-7-8-10-30(28)37(31(29)20-26)32-16-23(13-14-35-32)33(3,4)5;/h7-18H,1-5H3;/q-2;+2. The molecule has 0 atom stereocenters. The van der Waals surface area contributed by atoms with E-state index in [0.717, 1.165) is 39.0 Å². The number of para-hydroxylation sites is 1. The van der Waals surface area contributed by atoms with Crippen molar-refractivity contribution < 1.29 is 25.8 Å². The summed E-state index contributed by atoms with van der Waals surface area (Å²) >= 11 is 0. The quantitative estimate of drug-likeness (QED) is 0.174. The summed E-state index contributed by atoms with van der Waals surface area (Å²) in [5, 5.41) is 6.72. The molecule has 3 heterocycles. The zero-order chi connectivity index (χ0) is 27.3. The van der Waals surface area contributed by atoms with Gasteiger partial charge < -0.3 is 9.30 Å². The second kappa shape index (κ2) is 10.4. The molecule has 0 fully saturated rings. The number of ether oxygens (including phenoxy) is 1. The van der Waals surface area contributed by atoms with Crippen LogP contribution in [0.1, 0.15) is 37.7 Å². The van der Waals surface area contributed by atoms with Gasteiger partial charge >= 0.3 is 21.1 Å². The Morgan fingerprint density at radius 3 is 2.42 bits per heavy atom. The second-order valence-corrected chi connectivity index (χ2v) is 10.7. The minimum absolute atomic E-state index is 0. The molecule has 3 aromatic heterocycles. The van der Waals surface area contributed by atoms with Gasteiger partial charge in [0.05, 0.1) is 18.0 Å². The summed E-state index contributed by atoms with van der Waals surface area (Å²) in [6, 6.07) is 28.6. The van der Waals surface area contributed by atoms with Crippen LogP contribution in [0.5, 0.6) is 11.5 Å². The van der Waals surface area contributed by atoms with Gasteiger partial charge in [0.15, 0.2) is 0 Å². The minimum Gasteiger partial charge on any atom is -0.510 e. The van der Waals surface area contributed by atoms with Crippen molar-refractivity contribution in [3.63, 3.8) is 0 Å². The van der Waals surface area contributed by atoms with E-state index in [1.807, 2.05) is 50.4 Å². The van der Waals surface area contributed by atoms with Gasteiger partial charge in [-0.2, -0.15) is 11.2 Å². The monoisotopic (exact) mass is 704 g/mol. The van der Waals surface area contributed by atoms with Gasteiger partial charge in [0, 0.05) is 28.9 Å². The summed E-state index contributed by atoms with van der Waals surface area (Å²) in [6.45, 7) is 18.1. The molecule has 0 bridgehead atoms. The van der Waals surface area contributed by atoms with Gasteiger partial charge in [0.25, 0.3) is 0 Å². The average molecular weight is 705 g/mol. The normalized spacial score (nSPS) is 11.4. The summed E-state index contributed by atoms with van der Waals surface area (Å²) in [7, 11) is 0. The van der Waals surface area contributed by atoms with Crippen molar-refractivity contribution in [1.82, 2.24) is 19.3 Å². The number of pyridine rings is 1. The number of hydrogen-bond donors (Lipinski definition) is 0. The fraction of sp³-hybridized carbons (Fsp3) is 0.182. The molecule has 0 N–H and O–H groups in total. The van der Waals surface area contributed by atoms with Crippen LogP contribution in [0.25, 0.3) is 38.2 Å². The molecule has 0 spiro atoms. The number of hydrogen-bond acceptors (Lipinski definition) is 3. The predicted molar refractivity (Wildman–Crippen MR) is 154 cm³/mol. The van der Waals surface area contributed by atoms with Gasteiger partial charge in [-0.15, -0.1) is 35.7 Å². The number of benzene rings is 3. The van der Waals surface area contributed by atoms with Crippen molar-refractivity contribution in [2.45, 2.75) is 40.0 Å². The van der Waals surface area contributed by atoms with E-state index in [-0.39, 0.29) is 26.5 Å². The third kappa shape index (κ3) is 4.94. The molecule has 6 aromatic rings. The Morgan fingerprint density at radius 1 is 0.900 bits per heavy atom. The molecule has 200 valence electrons. The Morgan fingerprint density at radius 2 is 1.70 bits per heavy atom. The third-order valence-corrected chi connectivity index (χ3v) is 6.80. The van der Waals surface area contributed by atoms with Gasteiger partial charge in [-0.3, -0.25) is 9.53 Å². The fourth-order valence-corrected chi connectivity index (χ4v) is 4.92. The zero-order valence-corrected chi connectivity index (χ0v) is 25.2. The first-order chi connectivity index (χ1) is 18.7. The summed E-state index contributed by atoms with van der Waals surface area (Å²) in [6.07, 6.45) is 1.86. The van der Waals surface area contributed by atoms with E-state index in [2.05, 4.69) is 71.7 Å². The van der Waals surface area contributed by atoms with Crippen molar-refractivity contribution >= 4 is 27.5 Å². The van der Waals surface area contributed by atoms with E-state index < -0.39 is 0 Å². The van der Waals surface area contributed by atoms with E-state index in [0.29, 0.717) is 22.9 Å². The topological polar surface area (TPSA) is 49.2 Å². The molecule has 0 radical (unpaired) electrons. The molecule has 0 saturated carbocycles. The summed E-state index contributed by atoms with van der Waals surface area (Å²) in [4.78, 5) is 8.38. The van der Waals surface area contributed by atoms with Gasteiger partial charge in [-0.1, -0.05) is 50.2 Å². The Kier molecular flexibility index (Phi) is 7.12. The Balaban J connectivity index is 0.00000323. The number of aromatic nitrogens is 4. The van der Waals surface area contributed by atoms with Gasteiger partial charge in [0.1, 0.15) is 5.82 Å². The van der Waals surface area contributed by atoms with E-state index >= 15 is 0 Å². The van der Waals surface area contributed by atoms with Crippen LogP contribution >= 0.6 is 0 Å². The van der Waals surface area contributed by atoms with E-state index in [1.165, 1.54) is 5.56 Å². The summed E-state index contributed by atoms with van der Waals surface area (Å²) in [5.41, 5.74) is 6.06. The fourth-order valence-electron chi connectivity index (χ4n) is 4.92. The van der Waals surface area contributed by atoms with Crippen LogP contribution in [-0.2, 0) is 26.5 Å². The molecule has 0 unspecified atom stereocenters. The van der Waals surface area contributed by atoms with E-state index in [9.17, 15) is 0 Å². The number of aryl methyl sites for hydroxylation is 2. The molecular formula is C33H27N5OPt. The number of fused-ring (bicyclic) bond motifs is 3. The molecular weight excluding hydrogens is 677 g/mol. The van der Waals surface area contributed by atoms with E-state index in [4.69, 9.17) is 16.3 Å². The van der Waals surface area contributed by atoms with Gasteiger partial charge in [0.2, 0.25) is 0 Å². The molecule has 6 rings (SSSR count). The average Bonchev–Trinajstić information content (AvgIpc) is 3.43. The maximum atomic E-state index is 7.60. The number of rotatable bonds is 4. The Hall–Kier alpha value is -4.20. The molecule has 7 heteroatoms. The maximum absolute atomic E-state index is 7.60. The van der Waals surface area contributed by atoms with Gasteiger partial charge in [-0.25, -0.2) is 4.98 Å². The second-order valence-electron chi connectivity index (χ2n) is 10.7. The first kappa shape index (κ1) is 27.4. The predicted octanol–water partition coefficient (Wildman–Crippen LogP) is 8.22. The first-order valence-electron chi connectivity index (χ1n) is 12.8. The molecule has 0 amide bonds. The van der Waals surface area contributed by atoms with Crippen LogP contribution in [0.3, 0.4) is 0 Å². The van der Waals surface area contributed by atoms with Crippen molar-refractivity contribution in [2.75, 3.05) is 0 Å². The van der Waals surface area contributed by atoms with Crippen LogP contribution in [0.4, 0.5) is 5.69 Å². The van der Waals surface area contributed by atoms with Crippen LogP contribution in [0.15, 0.2) is 72.9 Å². The largest absolute Gasteiger partial charge is 2.00 e. The summed E-state index contributed by atoms with van der Waals surface area (Å²) < 4.78 is 10.2. The Labute approximate surface area is 248 Å². The van der Waals surface area contributed by atoms with Crippen molar-refractivity contribution in [3.8, 4) is 23.0 Å². The SMILES string of the molecule is [C-]#[N+]c1cc(Oc2[c-]c3c(cc2)c2ccccc2n3-c2cc(C(C)(C)C)ccn2)[c-]c(-n2nc(C)cc2C)c1.[Pt+2]. The molecule has 0 saturated heterocycles. The molecule has 0 aliphatic heterocycles. The van der Waals surface area contributed by atoms with Crippen molar-refractivity contribution in [1.29, 1.82) is 0 Å². The van der Waals surface area contributed by atoms with Crippen LogP contribution in [0, 0.1) is 32.6 Å². The molecule has 6 nitrogen and oxygen atoms in total.